The zero-order valence-electron chi connectivity index (χ0n) is 11.2. The first-order valence-corrected chi connectivity index (χ1v) is 6.91. The molecule has 1 amide bonds. The number of hydrogen-bond acceptors (Lipinski definition) is 4. The molecule has 1 aliphatic heterocycles. The molecule has 0 bridgehead atoms. The molecule has 0 saturated heterocycles. The maximum absolute atomic E-state index is 12.0. The predicted molar refractivity (Wildman–Crippen MR) is 71.6 cm³/mol. The van der Waals surface area contributed by atoms with Crippen molar-refractivity contribution in [1.29, 1.82) is 0 Å². The molecule has 2 rings (SSSR count). The third-order valence-corrected chi connectivity index (χ3v) is 3.95. The first kappa shape index (κ1) is 13.9. The summed E-state index contributed by atoms with van der Waals surface area (Å²) in [5, 5.41) is 8.97. The number of hydrogen-bond donors (Lipinski definition) is 1. The Morgan fingerprint density at radius 3 is 2.68 bits per heavy atom. The molecule has 1 aromatic heterocycles. The molecule has 19 heavy (non-hydrogen) atoms. The van der Waals surface area contributed by atoms with E-state index in [-0.39, 0.29) is 6.09 Å². The lowest BCUT2D eigenvalue weighted by molar-refractivity contribution is 0.0225. The largest absolute Gasteiger partial charge is 0.477 e. The topological polar surface area (TPSA) is 66.8 Å². The molecule has 0 aromatic carbocycles. The molecule has 0 radical (unpaired) electrons. The Labute approximate surface area is 115 Å². The van der Waals surface area contributed by atoms with E-state index in [1.165, 1.54) is 11.3 Å². The van der Waals surface area contributed by atoms with Crippen LogP contribution in [0.2, 0.25) is 0 Å². The van der Waals surface area contributed by atoms with Gasteiger partial charge in [0.05, 0.1) is 6.54 Å². The SMILES string of the molecule is CC(C)(C)OC(=O)N1CCc2sc(C(=O)O)cc2C1. The molecule has 0 fully saturated rings. The maximum atomic E-state index is 12.0. The number of amides is 1. The minimum Gasteiger partial charge on any atom is -0.477 e. The van der Waals surface area contributed by atoms with Gasteiger partial charge in [-0.15, -0.1) is 11.3 Å². The first-order chi connectivity index (χ1) is 8.76. The monoisotopic (exact) mass is 283 g/mol. The van der Waals surface area contributed by atoms with E-state index in [2.05, 4.69) is 0 Å². The highest BCUT2D eigenvalue weighted by atomic mass is 32.1. The minimum atomic E-state index is -0.914. The molecule has 1 N–H and O–H groups in total. The molecule has 0 aliphatic carbocycles. The molecule has 104 valence electrons. The molecule has 2 heterocycles. The quantitative estimate of drug-likeness (QED) is 0.860. The summed E-state index contributed by atoms with van der Waals surface area (Å²) in [4.78, 5) is 25.9. The van der Waals surface area contributed by atoms with Crippen LogP contribution in [0.3, 0.4) is 0 Å². The Morgan fingerprint density at radius 2 is 2.11 bits per heavy atom. The lowest BCUT2D eigenvalue weighted by atomic mass is 10.1. The number of fused-ring (bicyclic) bond motifs is 1. The normalized spacial score (nSPS) is 15.0. The van der Waals surface area contributed by atoms with E-state index in [9.17, 15) is 9.59 Å². The lowest BCUT2D eigenvalue weighted by Gasteiger charge is -2.29. The highest BCUT2D eigenvalue weighted by Crippen LogP contribution is 2.28. The molecule has 0 unspecified atom stereocenters. The van der Waals surface area contributed by atoms with Crippen LogP contribution in [0.1, 0.15) is 40.9 Å². The van der Waals surface area contributed by atoms with E-state index >= 15 is 0 Å². The number of carbonyl (C=O) groups is 2. The zero-order chi connectivity index (χ0) is 14.2. The second-order valence-corrected chi connectivity index (χ2v) is 6.65. The molecule has 1 aliphatic rings. The maximum Gasteiger partial charge on any atom is 0.410 e. The van der Waals surface area contributed by atoms with E-state index in [0.717, 1.165) is 10.4 Å². The molecule has 1 aromatic rings. The van der Waals surface area contributed by atoms with Gasteiger partial charge in [-0.2, -0.15) is 0 Å². The summed E-state index contributed by atoms with van der Waals surface area (Å²) < 4.78 is 5.32. The number of rotatable bonds is 1. The van der Waals surface area contributed by atoms with Crippen LogP contribution < -0.4 is 0 Å². The van der Waals surface area contributed by atoms with E-state index < -0.39 is 11.6 Å². The van der Waals surface area contributed by atoms with Crippen LogP contribution in [0.5, 0.6) is 0 Å². The average Bonchev–Trinajstić information content (AvgIpc) is 2.69. The number of nitrogens with zero attached hydrogens (tertiary/aromatic N) is 1. The fourth-order valence-electron chi connectivity index (χ4n) is 1.92. The van der Waals surface area contributed by atoms with Gasteiger partial charge in [0.2, 0.25) is 0 Å². The summed E-state index contributed by atoms with van der Waals surface area (Å²) in [6.07, 6.45) is 0.341. The van der Waals surface area contributed by atoms with E-state index in [1.807, 2.05) is 20.8 Å². The van der Waals surface area contributed by atoms with Crippen molar-refractivity contribution < 1.29 is 19.4 Å². The van der Waals surface area contributed by atoms with Crippen molar-refractivity contribution >= 4 is 23.4 Å². The third-order valence-electron chi connectivity index (χ3n) is 2.73. The molecule has 5 nitrogen and oxygen atoms in total. The van der Waals surface area contributed by atoms with Gasteiger partial charge >= 0.3 is 12.1 Å². The van der Waals surface area contributed by atoms with E-state index in [1.54, 1.807) is 11.0 Å². The summed E-state index contributed by atoms with van der Waals surface area (Å²) in [5.41, 5.74) is 0.401. The van der Waals surface area contributed by atoms with E-state index in [4.69, 9.17) is 9.84 Å². The van der Waals surface area contributed by atoms with Crippen molar-refractivity contribution in [3.63, 3.8) is 0 Å². The van der Waals surface area contributed by atoms with Gasteiger partial charge in [-0.25, -0.2) is 9.59 Å². The number of carboxylic acid groups (broad SMARTS) is 1. The van der Waals surface area contributed by atoms with Crippen molar-refractivity contribution in [3.8, 4) is 0 Å². The smallest absolute Gasteiger partial charge is 0.410 e. The minimum absolute atomic E-state index is 0.330. The average molecular weight is 283 g/mol. The van der Waals surface area contributed by atoms with Crippen LogP contribution in [0.15, 0.2) is 6.07 Å². The van der Waals surface area contributed by atoms with Gasteiger partial charge in [0, 0.05) is 11.4 Å². The third kappa shape index (κ3) is 3.26. The Morgan fingerprint density at radius 1 is 1.42 bits per heavy atom. The van der Waals surface area contributed by atoms with E-state index in [0.29, 0.717) is 24.4 Å². The Hall–Kier alpha value is -1.56. The molecule has 6 heteroatoms. The Balaban J connectivity index is 2.09. The number of thiophene rings is 1. The van der Waals surface area contributed by atoms with Crippen molar-refractivity contribution in [2.45, 2.75) is 39.3 Å². The molecule has 0 spiro atoms. The van der Waals surface area contributed by atoms with Crippen LogP contribution >= 0.6 is 11.3 Å². The first-order valence-electron chi connectivity index (χ1n) is 6.09. The molecular weight excluding hydrogens is 266 g/mol. The van der Waals surface area contributed by atoms with Crippen molar-refractivity contribution in [2.24, 2.45) is 0 Å². The van der Waals surface area contributed by atoms with Crippen LogP contribution in [0.4, 0.5) is 4.79 Å². The number of ether oxygens (including phenoxy) is 1. The standard InChI is InChI=1S/C13H17NO4S/c1-13(2,3)18-12(17)14-5-4-9-8(7-14)6-10(19-9)11(15)16/h6H,4-5,7H2,1-3H3,(H,15,16). The van der Waals surface area contributed by atoms with Gasteiger partial charge in [-0.3, -0.25) is 0 Å². The number of carbonyl (C=O) groups excluding carboxylic acids is 1. The fraction of sp³-hybridized carbons (Fsp3) is 0.538. The predicted octanol–water partition coefficient (Wildman–Crippen LogP) is 2.74. The Kier molecular flexibility index (Phi) is 3.54. The summed E-state index contributed by atoms with van der Waals surface area (Å²) in [7, 11) is 0. The van der Waals surface area contributed by atoms with Crippen molar-refractivity contribution in [2.75, 3.05) is 6.54 Å². The number of aromatic carboxylic acids is 1. The molecule has 0 saturated carbocycles. The van der Waals surface area contributed by atoms with Gasteiger partial charge in [-0.05, 0) is 38.8 Å². The van der Waals surface area contributed by atoms with Crippen molar-refractivity contribution in [1.82, 2.24) is 4.90 Å². The summed E-state index contributed by atoms with van der Waals surface area (Å²) >= 11 is 1.29. The highest BCUT2D eigenvalue weighted by molar-refractivity contribution is 7.14. The lowest BCUT2D eigenvalue weighted by Crippen LogP contribution is -2.39. The van der Waals surface area contributed by atoms with Crippen LogP contribution in [-0.4, -0.2) is 34.2 Å². The van der Waals surface area contributed by atoms with Crippen LogP contribution in [0, 0.1) is 0 Å². The summed E-state index contributed by atoms with van der Waals surface area (Å²) in [6, 6.07) is 1.65. The van der Waals surface area contributed by atoms with Gasteiger partial charge in [-0.1, -0.05) is 0 Å². The van der Waals surface area contributed by atoms with Crippen LogP contribution in [-0.2, 0) is 17.7 Å². The summed E-state index contributed by atoms with van der Waals surface area (Å²) in [6.45, 7) is 6.48. The second kappa shape index (κ2) is 4.85. The molecular formula is C13H17NO4S. The van der Waals surface area contributed by atoms with Crippen molar-refractivity contribution in [3.05, 3.63) is 21.4 Å². The number of carboxylic acids is 1. The molecule has 0 atom stereocenters. The highest BCUT2D eigenvalue weighted by Gasteiger charge is 2.27. The van der Waals surface area contributed by atoms with Gasteiger partial charge in [0.15, 0.2) is 0 Å². The zero-order valence-corrected chi connectivity index (χ0v) is 12.0. The van der Waals surface area contributed by atoms with Gasteiger partial charge in [0.1, 0.15) is 10.5 Å². The van der Waals surface area contributed by atoms with Crippen LogP contribution in [0.25, 0.3) is 0 Å². The van der Waals surface area contributed by atoms with Gasteiger partial charge in [0.25, 0.3) is 0 Å². The second-order valence-electron chi connectivity index (χ2n) is 5.52. The fourth-order valence-corrected chi connectivity index (χ4v) is 2.92. The van der Waals surface area contributed by atoms with Gasteiger partial charge < -0.3 is 14.7 Å². The Bertz CT molecular complexity index is 515. The summed E-state index contributed by atoms with van der Waals surface area (Å²) in [5.74, 6) is -0.914.